The van der Waals surface area contributed by atoms with Crippen LogP contribution in [0, 0.1) is 0 Å². The maximum Gasteiger partial charge on any atom is 0.416 e. The van der Waals surface area contributed by atoms with Gasteiger partial charge in [0.25, 0.3) is 0 Å². The van der Waals surface area contributed by atoms with Gasteiger partial charge in [-0.25, -0.2) is 4.68 Å². The molecule has 4 nitrogen and oxygen atoms in total. The van der Waals surface area contributed by atoms with Crippen molar-refractivity contribution in [1.82, 2.24) is 9.78 Å². The number of benzene rings is 4. The van der Waals surface area contributed by atoms with Crippen LogP contribution in [0.1, 0.15) is 27.9 Å². The number of hydrogen-bond acceptors (Lipinski definition) is 3. The molecule has 0 aliphatic heterocycles. The summed E-state index contributed by atoms with van der Waals surface area (Å²) in [6.07, 6.45) is -4.31. The number of alkyl halides is 6. The number of nitrogens with zero attached hydrogens (tertiary/aromatic N) is 3. The molecule has 218 valence electrons. The van der Waals surface area contributed by atoms with Crippen LogP contribution in [0.25, 0.3) is 5.69 Å². The molecule has 1 aromatic heterocycles. The molecule has 0 aliphatic rings. The molecule has 10 heteroatoms. The fourth-order valence-corrected chi connectivity index (χ4v) is 4.86. The molecule has 0 saturated heterocycles. The first-order valence-electron chi connectivity index (χ1n) is 13.0. The minimum atomic E-state index is -4.47. The standard InChI is InChI=1S/C33H24F6N4/c34-32(35,36)25-11-15-27(16-12-25)41-21-19-29(40)31(23-7-3-1-4-8-23,24-9-5-2-6-10-24)30-20-22-43(42-30)28-17-13-26(14-18-28)33(37,38)39/h1-22H,40H2. The van der Waals surface area contributed by atoms with Crippen molar-refractivity contribution in [2.24, 2.45) is 10.7 Å². The van der Waals surface area contributed by atoms with Crippen molar-refractivity contribution in [2.75, 3.05) is 0 Å². The number of halogens is 6. The van der Waals surface area contributed by atoms with Crippen LogP contribution >= 0.6 is 0 Å². The zero-order valence-corrected chi connectivity index (χ0v) is 22.4. The van der Waals surface area contributed by atoms with Crippen LogP contribution in [-0.4, -0.2) is 16.0 Å². The van der Waals surface area contributed by atoms with Gasteiger partial charge in [-0.05, 0) is 71.8 Å². The van der Waals surface area contributed by atoms with E-state index in [4.69, 9.17) is 10.8 Å². The van der Waals surface area contributed by atoms with E-state index in [0.29, 0.717) is 22.8 Å². The van der Waals surface area contributed by atoms with Crippen LogP contribution in [0.2, 0.25) is 0 Å². The Kier molecular flexibility index (Phi) is 7.95. The zero-order chi connectivity index (χ0) is 30.7. The van der Waals surface area contributed by atoms with Crippen molar-refractivity contribution in [2.45, 2.75) is 17.8 Å². The summed E-state index contributed by atoms with van der Waals surface area (Å²) in [4.78, 5) is 4.28. The van der Waals surface area contributed by atoms with E-state index in [9.17, 15) is 26.3 Å². The Morgan fingerprint density at radius 2 is 1.12 bits per heavy atom. The Bertz CT molecular complexity index is 1680. The first kappa shape index (κ1) is 29.4. The van der Waals surface area contributed by atoms with Crippen LogP contribution in [0.3, 0.4) is 0 Å². The predicted octanol–water partition coefficient (Wildman–Crippen LogP) is 8.49. The summed E-state index contributed by atoms with van der Waals surface area (Å²) in [5.41, 5.74) is 7.17. The maximum atomic E-state index is 13.1. The summed E-state index contributed by atoms with van der Waals surface area (Å²) in [5.74, 6) is 0. The second-order valence-corrected chi connectivity index (χ2v) is 9.62. The molecular weight excluding hydrogens is 566 g/mol. The van der Waals surface area contributed by atoms with E-state index in [2.05, 4.69) is 4.99 Å². The normalized spacial score (nSPS) is 13.0. The van der Waals surface area contributed by atoms with E-state index in [-0.39, 0.29) is 0 Å². The molecule has 0 spiro atoms. The van der Waals surface area contributed by atoms with Crippen molar-refractivity contribution in [3.05, 3.63) is 161 Å². The molecule has 0 fully saturated rings. The predicted molar refractivity (Wildman–Crippen MR) is 153 cm³/mol. The Morgan fingerprint density at radius 1 is 0.628 bits per heavy atom. The third-order valence-corrected chi connectivity index (χ3v) is 6.95. The topological polar surface area (TPSA) is 56.2 Å². The average molecular weight is 591 g/mol. The molecule has 2 N–H and O–H groups in total. The molecule has 0 atom stereocenters. The largest absolute Gasteiger partial charge is 0.416 e. The van der Waals surface area contributed by atoms with Gasteiger partial charge < -0.3 is 5.73 Å². The molecule has 5 rings (SSSR count). The van der Waals surface area contributed by atoms with Crippen LogP contribution < -0.4 is 5.73 Å². The van der Waals surface area contributed by atoms with E-state index >= 15 is 0 Å². The van der Waals surface area contributed by atoms with E-state index in [0.717, 1.165) is 35.4 Å². The zero-order valence-electron chi connectivity index (χ0n) is 22.4. The molecule has 4 aromatic carbocycles. The van der Waals surface area contributed by atoms with E-state index in [1.54, 1.807) is 18.3 Å². The summed E-state index contributed by atoms with van der Waals surface area (Å²) >= 11 is 0. The number of aromatic nitrogens is 2. The molecule has 0 saturated carbocycles. The van der Waals surface area contributed by atoms with Crippen LogP contribution in [-0.2, 0) is 17.8 Å². The molecule has 0 amide bonds. The van der Waals surface area contributed by atoms with Gasteiger partial charge in [0, 0.05) is 18.1 Å². The van der Waals surface area contributed by atoms with Gasteiger partial charge in [-0.3, -0.25) is 4.99 Å². The van der Waals surface area contributed by atoms with E-state index < -0.39 is 28.9 Å². The highest BCUT2D eigenvalue weighted by Gasteiger charge is 2.41. The van der Waals surface area contributed by atoms with Crippen LogP contribution in [0.5, 0.6) is 0 Å². The minimum Gasteiger partial charge on any atom is -0.401 e. The highest BCUT2D eigenvalue weighted by Crippen LogP contribution is 2.43. The molecule has 0 bridgehead atoms. The number of aliphatic imine (C=N–C) groups is 1. The van der Waals surface area contributed by atoms with E-state index in [1.807, 2.05) is 60.7 Å². The van der Waals surface area contributed by atoms with Crippen molar-refractivity contribution in [1.29, 1.82) is 0 Å². The van der Waals surface area contributed by atoms with Gasteiger partial charge in [0.15, 0.2) is 0 Å². The Labute approximate surface area is 243 Å². The van der Waals surface area contributed by atoms with Gasteiger partial charge in [-0.1, -0.05) is 60.7 Å². The van der Waals surface area contributed by atoms with Crippen molar-refractivity contribution in [3.63, 3.8) is 0 Å². The highest BCUT2D eigenvalue weighted by atomic mass is 19.4. The third kappa shape index (κ3) is 6.08. The van der Waals surface area contributed by atoms with Crippen LogP contribution in [0.4, 0.5) is 32.0 Å². The lowest BCUT2D eigenvalue weighted by Gasteiger charge is -2.34. The summed E-state index contributed by atoms with van der Waals surface area (Å²) in [5, 5.41) is 4.78. The minimum absolute atomic E-state index is 0.300. The number of nitrogens with two attached hydrogens (primary N) is 1. The van der Waals surface area contributed by atoms with Gasteiger partial charge in [-0.15, -0.1) is 0 Å². The summed E-state index contributed by atoms with van der Waals surface area (Å²) in [7, 11) is 0. The fourth-order valence-electron chi connectivity index (χ4n) is 4.86. The lowest BCUT2D eigenvalue weighted by Crippen LogP contribution is -2.36. The Hall–Kier alpha value is -5.12. The van der Waals surface area contributed by atoms with Gasteiger partial charge in [0.05, 0.1) is 28.2 Å². The Morgan fingerprint density at radius 3 is 1.60 bits per heavy atom. The third-order valence-electron chi connectivity index (χ3n) is 6.95. The number of hydrogen-bond donors (Lipinski definition) is 1. The molecule has 1 heterocycles. The summed E-state index contributed by atoms with van der Waals surface area (Å²) < 4.78 is 79.7. The van der Waals surface area contributed by atoms with Crippen molar-refractivity contribution >= 4 is 11.9 Å². The van der Waals surface area contributed by atoms with Crippen molar-refractivity contribution < 1.29 is 26.3 Å². The lowest BCUT2D eigenvalue weighted by molar-refractivity contribution is -0.138. The van der Waals surface area contributed by atoms with Gasteiger partial charge in [0.2, 0.25) is 0 Å². The summed E-state index contributed by atoms with van der Waals surface area (Å²) in [6, 6.07) is 29.5. The Balaban J connectivity index is 1.62. The molecule has 43 heavy (non-hydrogen) atoms. The molecule has 0 unspecified atom stereocenters. The lowest BCUT2D eigenvalue weighted by atomic mass is 9.69. The molecule has 5 aromatic rings. The van der Waals surface area contributed by atoms with Crippen LogP contribution in [0.15, 0.2) is 138 Å². The SMILES string of the molecule is NC(=CC=Nc1ccc(C(F)(F)F)cc1)C(c1ccccc1)(c1ccccc1)c1ccn(-c2ccc(C(F)(F)F)cc2)n1. The number of allylic oxidation sites excluding steroid dienone is 2. The summed E-state index contributed by atoms with van der Waals surface area (Å²) in [6.45, 7) is 0. The quantitative estimate of drug-likeness (QED) is 0.153. The molecule has 0 radical (unpaired) electrons. The highest BCUT2D eigenvalue weighted by molar-refractivity contribution is 5.77. The second kappa shape index (κ2) is 11.6. The second-order valence-electron chi connectivity index (χ2n) is 9.62. The van der Waals surface area contributed by atoms with Gasteiger partial charge >= 0.3 is 12.4 Å². The fraction of sp³-hybridized carbons (Fsp3) is 0.0909. The first-order valence-corrected chi connectivity index (χ1v) is 13.0. The smallest absolute Gasteiger partial charge is 0.401 e. The monoisotopic (exact) mass is 590 g/mol. The van der Waals surface area contributed by atoms with Gasteiger partial charge in [-0.2, -0.15) is 31.4 Å². The first-order chi connectivity index (χ1) is 20.5. The molecular formula is C33H24F6N4. The van der Waals surface area contributed by atoms with E-state index in [1.165, 1.54) is 35.2 Å². The average Bonchev–Trinajstić information content (AvgIpc) is 3.49. The number of rotatable bonds is 7. The maximum absolute atomic E-state index is 13.1. The van der Waals surface area contributed by atoms with Gasteiger partial charge in [0.1, 0.15) is 5.41 Å². The van der Waals surface area contributed by atoms with Crippen molar-refractivity contribution in [3.8, 4) is 5.69 Å². The molecule has 0 aliphatic carbocycles.